The van der Waals surface area contributed by atoms with E-state index in [1.54, 1.807) is 24.5 Å². The lowest BCUT2D eigenvalue weighted by Crippen LogP contribution is -2.05. The second-order valence-electron chi connectivity index (χ2n) is 3.65. The van der Waals surface area contributed by atoms with E-state index in [-0.39, 0.29) is 0 Å². The van der Waals surface area contributed by atoms with E-state index in [1.165, 1.54) is 0 Å². The van der Waals surface area contributed by atoms with Gasteiger partial charge in [0.15, 0.2) is 5.82 Å². The molecule has 0 aliphatic rings. The van der Waals surface area contributed by atoms with Gasteiger partial charge in [-0.05, 0) is 18.1 Å². The maximum atomic E-state index is 5.91. The largest absolute Gasteiger partial charge is 0.237 e. The molecule has 0 radical (unpaired) electrons. The molecule has 78 valence electrons. The fraction of sp³-hybridized carbons (Fsp3) is 0.273. The molecule has 0 bridgehead atoms. The normalized spacial score (nSPS) is 10.9. The Morgan fingerprint density at radius 1 is 1.27 bits per heavy atom. The average molecular weight is 222 g/mol. The number of nitrogens with zero attached hydrogens (tertiary/aromatic N) is 3. The van der Waals surface area contributed by atoms with Gasteiger partial charge in [-0.3, -0.25) is 0 Å². The van der Waals surface area contributed by atoms with Gasteiger partial charge < -0.3 is 0 Å². The molecule has 0 aliphatic heterocycles. The molecule has 2 heterocycles. The zero-order valence-corrected chi connectivity index (χ0v) is 9.44. The highest BCUT2D eigenvalue weighted by molar-refractivity contribution is 6.30. The maximum absolute atomic E-state index is 5.91. The molecule has 2 aromatic heterocycles. The van der Waals surface area contributed by atoms with Gasteiger partial charge in [0.25, 0.3) is 0 Å². The number of rotatable bonds is 2. The molecule has 0 fully saturated rings. The molecule has 0 amide bonds. The molecule has 2 rings (SSSR count). The van der Waals surface area contributed by atoms with E-state index in [1.807, 2.05) is 10.7 Å². The van der Waals surface area contributed by atoms with Gasteiger partial charge in [0.2, 0.25) is 0 Å². The molecule has 3 nitrogen and oxygen atoms in total. The summed E-state index contributed by atoms with van der Waals surface area (Å²) in [7, 11) is 0. The standard InChI is InChI=1S/C11H12ClN3/c1-8(2)10-4-6-14-15(10)11-7-9(12)3-5-13-11/h3-8H,1-2H3. The van der Waals surface area contributed by atoms with E-state index in [4.69, 9.17) is 11.6 Å². The lowest BCUT2D eigenvalue weighted by Gasteiger charge is -2.08. The molecule has 0 N–H and O–H groups in total. The van der Waals surface area contributed by atoms with Gasteiger partial charge in [-0.25, -0.2) is 9.67 Å². The molecule has 0 aromatic carbocycles. The van der Waals surface area contributed by atoms with E-state index in [9.17, 15) is 0 Å². The lowest BCUT2D eigenvalue weighted by molar-refractivity contribution is 0.721. The summed E-state index contributed by atoms with van der Waals surface area (Å²) >= 11 is 5.91. The molecular formula is C11H12ClN3. The van der Waals surface area contributed by atoms with Gasteiger partial charge in [-0.1, -0.05) is 25.4 Å². The first-order chi connectivity index (χ1) is 7.18. The number of pyridine rings is 1. The smallest absolute Gasteiger partial charge is 0.155 e. The van der Waals surface area contributed by atoms with Crippen molar-refractivity contribution in [3.63, 3.8) is 0 Å². The third kappa shape index (κ3) is 2.02. The fourth-order valence-corrected chi connectivity index (χ4v) is 1.61. The number of halogens is 1. The fourth-order valence-electron chi connectivity index (χ4n) is 1.45. The molecule has 15 heavy (non-hydrogen) atoms. The lowest BCUT2D eigenvalue weighted by atomic mass is 10.1. The molecule has 0 saturated heterocycles. The maximum Gasteiger partial charge on any atom is 0.155 e. The van der Waals surface area contributed by atoms with Crippen LogP contribution >= 0.6 is 11.6 Å². The van der Waals surface area contributed by atoms with Crippen LogP contribution < -0.4 is 0 Å². The van der Waals surface area contributed by atoms with Crippen LogP contribution in [-0.2, 0) is 0 Å². The molecule has 0 aliphatic carbocycles. The first-order valence-electron chi connectivity index (χ1n) is 4.84. The first kappa shape index (κ1) is 10.2. The van der Waals surface area contributed by atoms with Gasteiger partial charge in [0, 0.05) is 29.2 Å². The Bertz CT molecular complexity index is 462. The molecule has 0 unspecified atom stereocenters. The Morgan fingerprint density at radius 3 is 2.73 bits per heavy atom. The first-order valence-corrected chi connectivity index (χ1v) is 5.22. The van der Waals surface area contributed by atoms with Crippen molar-refractivity contribution in [1.29, 1.82) is 0 Å². The number of aromatic nitrogens is 3. The SMILES string of the molecule is CC(C)c1ccnn1-c1cc(Cl)ccn1. The van der Waals surface area contributed by atoms with E-state index in [0.717, 1.165) is 11.5 Å². The molecule has 0 spiro atoms. The summed E-state index contributed by atoms with van der Waals surface area (Å²) in [5, 5.41) is 4.92. The van der Waals surface area contributed by atoms with E-state index < -0.39 is 0 Å². The van der Waals surface area contributed by atoms with Gasteiger partial charge in [0.1, 0.15) is 0 Å². The van der Waals surface area contributed by atoms with Crippen molar-refractivity contribution in [2.24, 2.45) is 0 Å². The van der Waals surface area contributed by atoms with Crippen LogP contribution in [0.3, 0.4) is 0 Å². The van der Waals surface area contributed by atoms with Crippen molar-refractivity contribution in [2.45, 2.75) is 19.8 Å². The van der Waals surface area contributed by atoms with Gasteiger partial charge in [-0.15, -0.1) is 0 Å². The average Bonchev–Trinajstić information content (AvgIpc) is 2.65. The van der Waals surface area contributed by atoms with Crippen LogP contribution in [0.5, 0.6) is 0 Å². The van der Waals surface area contributed by atoms with Gasteiger partial charge in [0.05, 0.1) is 0 Å². The minimum absolute atomic E-state index is 0.410. The monoisotopic (exact) mass is 221 g/mol. The third-order valence-corrected chi connectivity index (χ3v) is 2.42. The summed E-state index contributed by atoms with van der Waals surface area (Å²) in [4.78, 5) is 4.24. The minimum atomic E-state index is 0.410. The van der Waals surface area contributed by atoms with Gasteiger partial charge in [-0.2, -0.15) is 5.10 Å². The zero-order valence-electron chi connectivity index (χ0n) is 8.68. The molecule has 4 heteroatoms. The van der Waals surface area contributed by atoms with Crippen LogP contribution in [-0.4, -0.2) is 14.8 Å². The Morgan fingerprint density at radius 2 is 2.07 bits per heavy atom. The third-order valence-electron chi connectivity index (χ3n) is 2.19. The Balaban J connectivity index is 2.49. The van der Waals surface area contributed by atoms with Crippen molar-refractivity contribution < 1.29 is 0 Å². The highest BCUT2D eigenvalue weighted by Gasteiger charge is 2.09. The number of hydrogen-bond acceptors (Lipinski definition) is 2. The van der Waals surface area contributed by atoms with E-state index >= 15 is 0 Å². The molecule has 0 atom stereocenters. The molecular weight excluding hydrogens is 210 g/mol. The van der Waals surface area contributed by atoms with Crippen LogP contribution in [0.25, 0.3) is 5.82 Å². The summed E-state index contributed by atoms with van der Waals surface area (Å²) in [5.41, 5.74) is 1.13. The number of hydrogen-bond donors (Lipinski definition) is 0. The summed E-state index contributed by atoms with van der Waals surface area (Å²) in [6, 6.07) is 5.55. The van der Waals surface area contributed by atoms with Crippen LogP contribution in [0, 0.1) is 0 Å². The summed E-state index contributed by atoms with van der Waals surface area (Å²) in [5.74, 6) is 1.17. The molecule has 2 aromatic rings. The van der Waals surface area contributed by atoms with Crippen molar-refractivity contribution >= 4 is 11.6 Å². The highest BCUT2D eigenvalue weighted by Crippen LogP contribution is 2.18. The van der Waals surface area contributed by atoms with Gasteiger partial charge >= 0.3 is 0 Å². The Kier molecular flexibility index (Phi) is 2.73. The van der Waals surface area contributed by atoms with Crippen LogP contribution in [0.1, 0.15) is 25.5 Å². The van der Waals surface area contributed by atoms with E-state index in [2.05, 4.69) is 23.9 Å². The van der Waals surface area contributed by atoms with Crippen LogP contribution in [0.4, 0.5) is 0 Å². The predicted molar refractivity (Wildman–Crippen MR) is 60.5 cm³/mol. The zero-order chi connectivity index (χ0) is 10.8. The second-order valence-corrected chi connectivity index (χ2v) is 4.09. The van der Waals surface area contributed by atoms with Crippen molar-refractivity contribution in [3.8, 4) is 5.82 Å². The minimum Gasteiger partial charge on any atom is -0.237 e. The Hall–Kier alpha value is -1.35. The van der Waals surface area contributed by atoms with E-state index in [0.29, 0.717) is 10.9 Å². The second kappa shape index (κ2) is 4.03. The summed E-state index contributed by atoms with van der Waals surface area (Å²) in [6.07, 6.45) is 3.46. The van der Waals surface area contributed by atoms with Crippen LogP contribution in [0.2, 0.25) is 5.02 Å². The summed E-state index contributed by atoms with van der Waals surface area (Å²) in [6.45, 7) is 4.25. The van der Waals surface area contributed by atoms with Crippen molar-refractivity contribution in [2.75, 3.05) is 0 Å². The molecule has 0 saturated carbocycles. The van der Waals surface area contributed by atoms with Crippen molar-refractivity contribution in [1.82, 2.24) is 14.8 Å². The summed E-state index contributed by atoms with van der Waals surface area (Å²) < 4.78 is 1.82. The Labute approximate surface area is 93.7 Å². The topological polar surface area (TPSA) is 30.7 Å². The highest BCUT2D eigenvalue weighted by atomic mass is 35.5. The predicted octanol–water partition coefficient (Wildman–Crippen LogP) is 3.04. The quantitative estimate of drug-likeness (QED) is 0.781. The van der Waals surface area contributed by atoms with Crippen LogP contribution in [0.15, 0.2) is 30.6 Å². The van der Waals surface area contributed by atoms with Crippen molar-refractivity contribution in [3.05, 3.63) is 41.3 Å².